The molecule has 0 aliphatic carbocycles. The fourth-order valence-corrected chi connectivity index (χ4v) is 4.94. The Labute approximate surface area is 211 Å². The number of ketones is 2. The molecule has 178 valence electrons. The summed E-state index contributed by atoms with van der Waals surface area (Å²) in [6, 6.07) is 29.7. The van der Waals surface area contributed by atoms with Gasteiger partial charge in [-0.05, 0) is 35.9 Å². The van der Waals surface area contributed by atoms with Crippen LogP contribution in [0.2, 0.25) is 0 Å². The Kier molecular flexibility index (Phi) is 6.87. The van der Waals surface area contributed by atoms with E-state index in [1.54, 1.807) is 24.3 Å². The summed E-state index contributed by atoms with van der Waals surface area (Å²) in [5, 5.41) is 0.745. The number of carbonyl (C=O) groups is 2. The van der Waals surface area contributed by atoms with E-state index >= 15 is 0 Å². The monoisotopic (exact) mass is 496 g/mol. The van der Waals surface area contributed by atoms with Gasteiger partial charge in [0.25, 0.3) is 0 Å². The van der Waals surface area contributed by atoms with Crippen molar-refractivity contribution in [2.24, 2.45) is 0 Å². The molecule has 0 atom stereocenters. The molecule has 0 bridgehead atoms. The van der Waals surface area contributed by atoms with Gasteiger partial charge in [0.2, 0.25) is 11.6 Å². The lowest BCUT2D eigenvalue weighted by molar-refractivity contribution is 0.0912. The van der Waals surface area contributed by atoms with Crippen molar-refractivity contribution in [3.63, 3.8) is 0 Å². The minimum atomic E-state index is -0.550. The van der Waals surface area contributed by atoms with Crippen LogP contribution in [0.15, 0.2) is 103 Å². The Morgan fingerprint density at radius 1 is 0.778 bits per heavy atom. The Morgan fingerprint density at radius 2 is 1.47 bits per heavy atom. The smallest absolute Gasteiger partial charge is 0.206 e. The molecule has 1 aromatic heterocycles. The van der Waals surface area contributed by atoms with Gasteiger partial charge in [-0.15, -0.1) is 11.3 Å². The molecule has 5 aromatic rings. The fourth-order valence-electron chi connectivity index (χ4n) is 3.83. The van der Waals surface area contributed by atoms with Gasteiger partial charge in [0.05, 0.1) is 5.56 Å². The Morgan fingerprint density at radius 3 is 2.25 bits per heavy atom. The lowest BCUT2D eigenvalue weighted by Gasteiger charge is -2.12. The highest BCUT2D eigenvalue weighted by molar-refractivity contribution is 7.21. The van der Waals surface area contributed by atoms with Crippen LogP contribution in [0, 0.1) is 5.82 Å². The van der Waals surface area contributed by atoms with E-state index in [0.29, 0.717) is 16.2 Å². The zero-order chi connectivity index (χ0) is 24.9. The number of hydrogen-bond donors (Lipinski definition) is 0. The number of ether oxygens (including phenoxy) is 2. The largest absolute Gasteiger partial charge is 0.488 e. The highest BCUT2D eigenvalue weighted by Gasteiger charge is 2.23. The number of fused-ring (bicyclic) bond motifs is 1. The van der Waals surface area contributed by atoms with E-state index in [1.807, 2.05) is 60.7 Å². The summed E-state index contributed by atoms with van der Waals surface area (Å²) in [6.45, 7) is -0.139. The van der Waals surface area contributed by atoms with Crippen molar-refractivity contribution in [1.82, 2.24) is 0 Å². The van der Waals surface area contributed by atoms with Crippen molar-refractivity contribution in [2.45, 2.75) is 6.61 Å². The van der Waals surface area contributed by atoms with Gasteiger partial charge < -0.3 is 9.47 Å². The quantitative estimate of drug-likeness (QED) is 0.204. The molecular weight excluding hydrogens is 475 g/mol. The third kappa shape index (κ3) is 5.04. The van der Waals surface area contributed by atoms with Crippen LogP contribution in [0.5, 0.6) is 11.5 Å². The number of hydrogen-bond acceptors (Lipinski definition) is 5. The van der Waals surface area contributed by atoms with E-state index in [-0.39, 0.29) is 30.3 Å². The Balaban J connectivity index is 1.40. The second-order valence-corrected chi connectivity index (χ2v) is 9.13. The molecule has 0 saturated carbocycles. The van der Waals surface area contributed by atoms with E-state index in [2.05, 4.69) is 0 Å². The van der Waals surface area contributed by atoms with E-state index in [0.717, 1.165) is 21.7 Å². The van der Waals surface area contributed by atoms with Gasteiger partial charge in [-0.1, -0.05) is 72.8 Å². The average Bonchev–Trinajstić information content (AvgIpc) is 3.30. The molecule has 5 rings (SSSR count). The normalized spacial score (nSPS) is 10.8. The third-order valence-electron chi connectivity index (χ3n) is 5.62. The van der Waals surface area contributed by atoms with Crippen molar-refractivity contribution in [1.29, 1.82) is 0 Å². The number of rotatable bonds is 9. The van der Waals surface area contributed by atoms with E-state index in [4.69, 9.17) is 9.47 Å². The molecule has 1 heterocycles. The van der Waals surface area contributed by atoms with E-state index in [1.165, 1.54) is 23.5 Å². The second-order valence-electron chi connectivity index (χ2n) is 8.08. The third-order valence-corrected chi connectivity index (χ3v) is 6.77. The summed E-state index contributed by atoms with van der Waals surface area (Å²) < 4.78 is 26.7. The van der Waals surface area contributed by atoms with Crippen LogP contribution in [0.25, 0.3) is 10.1 Å². The minimum absolute atomic E-state index is 0.0846. The van der Waals surface area contributed by atoms with Crippen LogP contribution in [-0.2, 0) is 6.61 Å². The van der Waals surface area contributed by atoms with Crippen LogP contribution in [0.1, 0.15) is 31.2 Å². The molecule has 6 heteroatoms. The Hall–Kier alpha value is -4.29. The molecule has 36 heavy (non-hydrogen) atoms. The van der Waals surface area contributed by atoms with Crippen LogP contribution in [-0.4, -0.2) is 18.2 Å². The van der Waals surface area contributed by atoms with Crippen molar-refractivity contribution >= 4 is 33.0 Å². The lowest BCUT2D eigenvalue weighted by atomic mass is 10.1. The summed E-state index contributed by atoms with van der Waals surface area (Å²) >= 11 is 1.32. The minimum Gasteiger partial charge on any atom is -0.488 e. The predicted molar refractivity (Wildman–Crippen MR) is 139 cm³/mol. The molecule has 4 aromatic carbocycles. The standard InChI is InChI=1S/C30H21FO4S/c31-22-15-16-26(34-18-20-9-3-1-4-10-20)24(17-22)25(32)19-35-29-23-13-7-8-14-27(23)36-30(29)28(33)21-11-5-2-6-12-21/h1-17H,18-19H2. The Bertz CT molecular complexity index is 1530. The van der Waals surface area contributed by atoms with Gasteiger partial charge in [0, 0.05) is 15.6 Å². The highest BCUT2D eigenvalue weighted by Crippen LogP contribution is 2.39. The van der Waals surface area contributed by atoms with Gasteiger partial charge >= 0.3 is 0 Å². The van der Waals surface area contributed by atoms with E-state index in [9.17, 15) is 14.0 Å². The maximum absolute atomic E-state index is 14.1. The maximum Gasteiger partial charge on any atom is 0.206 e. The van der Waals surface area contributed by atoms with Crippen LogP contribution >= 0.6 is 11.3 Å². The van der Waals surface area contributed by atoms with Gasteiger partial charge in [-0.3, -0.25) is 9.59 Å². The van der Waals surface area contributed by atoms with Crippen molar-refractivity contribution in [3.05, 3.63) is 131 Å². The lowest BCUT2D eigenvalue weighted by Crippen LogP contribution is -2.14. The molecule has 0 aliphatic heterocycles. The number of thiophene rings is 1. The molecule has 0 saturated heterocycles. The first-order chi connectivity index (χ1) is 17.6. The summed E-state index contributed by atoms with van der Waals surface area (Å²) in [5.41, 5.74) is 1.54. The van der Waals surface area contributed by atoms with E-state index < -0.39 is 11.6 Å². The van der Waals surface area contributed by atoms with Crippen LogP contribution in [0.3, 0.4) is 0 Å². The molecule has 0 amide bonds. The highest BCUT2D eigenvalue weighted by atomic mass is 32.1. The molecule has 0 radical (unpaired) electrons. The van der Waals surface area contributed by atoms with Gasteiger partial charge in [-0.2, -0.15) is 0 Å². The summed E-state index contributed by atoms with van der Waals surface area (Å²) in [5.74, 6) is -0.570. The van der Waals surface area contributed by atoms with Gasteiger partial charge in [-0.25, -0.2) is 4.39 Å². The first-order valence-electron chi connectivity index (χ1n) is 11.3. The summed E-state index contributed by atoms with van der Waals surface area (Å²) in [6.07, 6.45) is 0. The zero-order valence-electron chi connectivity index (χ0n) is 19.1. The van der Waals surface area contributed by atoms with Crippen molar-refractivity contribution in [2.75, 3.05) is 6.61 Å². The first-order valence-corrected chi connectivity index (χ1v) is 12.2. The number of halogens is 1. The van der Waals surface area contributed by atoms with Crippen LogP contribution < -0.4 is 9.47 Å². The average molecular weight is 497 g/mol. The molecule has 0 aliphatic rings. The fraction of sp³-hybridized carbons (Fsp3) is 0.0667. The van der Waals surface area contributed by atoms with Crippen molar-refractivity contribution < 1.29 is 23.5 Å². The molecule has 0 spiro atoms. The maximum atomic E-state index is 14.1. The predicted octanol–water partition coefficient (Wildman–Crippen LogP) is 7.11. The van der Waals surface area contributed by atoms with Gasteiger partial charge in [0.15, 0.2) is 6.61 Å². The molecule has 0 N–H and O–H groups in total. The molecule has 0 fully saturated rings. The van der Waals surface area contributed by atoms with Gasteiger partial charge in [0.1, 0.15) is 28.8 Å². The summed E-state index contributed by atoms with van der Waals surface area (Å²) in [4.78, 5) is 26.8. The number of benzene rings is 4. The molecule has 0 unspecified atom stereocenters. The van der Waals surface area contributed by atoms with Crippen LogP contribution in [0.4, 0.5) is 4.39 Å². The number of carbonyl (C=O) groups excluding carboxylic acids is 2. The topological polar surface area (TPSA) is 52.6 Å². The molecular formula is C30H21FO4S. The second kappa shape index (κ2) is 10.5. The molecule has 4 nitrogen and oxygen atoms in total. The number of Topliss-reactive ketones (excluding diaryl/α,β-unsaturated/α-hetero) is 1. The summed E-state index contributed by atoms with van der Waals surface area (Å²) in [7, 11) is 0. The SMILES string of the molecule is O=C(COc1c(C(=O)c2ccccc2)sc2ccccc12)c1cc(F)ccc1OCc1ccccc1. The first kappa shape index (κ1) is 23.5. The zero-order valence-corrected chi connectivity index (χ0v) is 20.0. The van der Waals surface area contributed by atoms with Crippen molar-refractivity contribution in [3.8, 4) is 11.5 Å².